The Morgan fingerprint density at radius 1 is 1.00 bits per heavy atom. The van der Waals surface area contributed by atoms with Crippen LogP contribution in [0.3, 0.4) is 0 Å². The van der Waals surface area contributed by atoms with E-state index in [1.807, 2.05) is 14.1 Å². The zero-order chi connectivity index (χ0) is 10.7. The van der Waals surface area contributed by atoms with Crippen LogP contribution in [0.4, 0.5) is 5.69 Å². The number of hydrogen-bond acceptors (Lipinski definition) is 2. The van der Waals surface area contributed by atoms with Gasteiger partial charge in [-0.15, -0.1) is 0 Å². The molecular formula is C13H16N2. The van der Waals surface area contributed by atoms with E-state index in [4.69, 9.17) is 0 Å². The molecule has 0 atom stereocenters. The van der Waals surface area contributed by atoms with E-state index in [1.165, 1.54) is 16.5 Å². The molecule has 0 heterocycles. The molecule has 78 valence electrons. The molecular weight excluding hydrogens is 184 g/mol. The summed E-state index contributed by atoms with van der Waals surface area (Å²) < 4.78 is 0. The normalized spacial score (nSPS) is 10.9. The van der Waals surface area contributed by atoms with Crippen molar-refractivity contribution in [3.63, 3.8) is 0 Å². The Labute approximate surface area is 90.5 Å². The number of hydrogen-bond donors (Lipinski definition) is 1. The van der Waals surface area contributed by atoms with Gasteiger partial charge >= 0.3 is 0 Å². The smallest absolute Gasteiger partial charge is 0.0673 e. The van der Waals surface area contributed by atoms with Crippen LogP contribution in [0.1, 0.15) is 0 Å². The summed E-state index contributed by atoms with van der Waals surface area (Å²) in [7, 11) is 4.10. The minimum Gasteiger partial charge on any atom is -0.372 e. The minimum atomic E-state index is 0.859. The van der Waals surface area contributed by atoms with Crippen molar-refractivity contribution in [1.82, 2.24) is 4.90 Å². The Kier molecular flexibility index (Phi) is 2.88. The Balaban J connectivity index is 2.23. The minimum absolute atomic E-state index is 0.859. The first-order chi connectivity index (χ1) is 7.25. The average Bonchev–Trinajstić information content (AvgIpc) is 2.26. The lowest BCUT2D eigenvalue weighted by atomic mass is 10.1. The first-order valence-corrected chi connectivity index (χ1v) is 5.13. The van der Waals surface area contributed by atoms with E-state index in [-0.39, 0.29) is 0 Å². The topological polar surface area (TPSA) is 15.3 Å². The molecule has 0 aromatic heterocycles. The standard InChI is InChI=1S/C13H16N2/c1-15(2)10-14-13-8-7-11-5-3-4-6-12(11)9-13/h3-9,14H,10H2,1-2H3. The third kappa shape index (κ3) is 2.48. The molecule has 0 aliphatic heterocycles. The molecule has 0 aliphatic carbocycles. The fourth-order valence-corrected chi connectivity index (χ4v) is 1.55. The van der Waals surface area contributed by atoms with Gasteiger partial charge in [0.1, 0.15) is 0 Å². The molecule has 2 aromatic rings. The van der Waals surface area contributed by atoms with Gasteiger partial charge in [-0.25, -0.2) is 0 Å². The van der Waals surface area contributed by atoms with Crippen molar-refractivity contribution in [2.75, 3.05) is 26.1 Å². The van der Waals surface area contributed by atoms with Gasteiger partial charge in [0.15, 0.2) is 0 Å². The summed E-state index contributed by atoms with van der Waals surface area (Å²) in [6.45, 7) is 0.859. The molecule has 0 bridgehead atoms. The quantitative estimate of drug-likeness (QED) is 0.766. The first kappa shape index (κ1) is 9.99. The Bertz CT molecular complexity index is 449. The lowest BCUT2D eigenvalue weighted by molar-refractivity contribution is 0.440. The predicted molar refractivity (Wildman–Crippen MR) is 66.1 cm³/mol. The number of anilines is 1. The van der Waals surface area contributed by atoms with Crippen LogP contribution < -0.4 is 5.32 Å². The SMILES string of the molecule is CN(C)CNc1ccc2ccccc2c1. The van der Waals surface area contributed by atoms with Crippen LogP contribution in [0, 0.1) is 0 Å². The van der Waals surface area contributed by atoms with E-state index in [9.17, 15) is 0 Å². The van der Waals surface area contributed by atoms with E-state index in [1.54, 1.807) is 0 Å². The maximum Gasteiger partial charge on any atom is 0.0673 e. The van der Waals surface area contributed by atoms with Crippen LogP contribution in [0.15, 0.2) is 42.5 Å². The molecule has 0 aliphatic rings. The Hall–Kier alpha value is -1.54. The number of benzene rings is 2. The van der Waals surface area contributed by atoms with Gasteiger partial charge in [0.05, 0.1) is 6.67 Å². The molecule has 0 saturated heterocycles. The van der Waals surface area contributed by atoms with Gasteiger partial charge in [-0.1, -0.05) is 30.3 Å². The molecule has 1 N–H and O–H groups in total. The van der Waals surface area contributed by atoms with E-state index in [0.29, 0.717) is 0 Å². The zero-order valence-corrected chi connectivity index (χ0v) is 9.20. The van der Waals surface area contributed by atoms with E-state index in [2.05, 4.69) is 52.7 Å². The Morgan fingerprint density at radius 2 is 1.73 bits per heavy atom. The summed E-state index contributed by atoms with van der Waals surface area (Å²) in [5, 5.41) is 5.93. The summed E-state index contributed by atoms with van der Waals surface area (Å²) >= 11 is 0. The van der Waals surface area contributed by atoms with Crippen LogP contribution in [0.25, 0.3) is 10.8 Å². The lowest BCUT2D eigenvalue weighted by Crippen LogP contribution is -2.20. The maximum absolute atomic E-state index is 3.36. The number of nitrogens with one attached hydrogen (secondary N) is 1. The predicted octanol–water partition coefficient (Wildman–Crippen LogP) is 2.77. The van der Waals surface area contributed by atoms with E-state index >= 15 is 0 Å². The van der Waals surface area contributed by atoms with Crippen LogP contribution in [-0.2, 0) is 0 Å². The van der Waals surface area contributed by atoms with Crippen molar-refractivity contribution < 1.29 is 0 Å². The van der Waals surface area contributed by atoms with Crippen molar-refractivity contribution in [2.24, 2.45) is 0 Å². The second-order valence-corrected chi connectivity index (χ2v) is 3.98. The van der Waals surface area contributed by atoms with Crippen molar-refractivity contribution in [3.05, 3.63) is 42.5 Å². The molecule has 2 aromatic carbocycles. The molecule has 2 nitrogen and oxygen atoms in total. The van der Waals surface area contributed by atoms with Gasteiger partial charge in [-0.2, -0.15) is 0 Å². The fraction of sp³-hybridized carbons (Fsp3) is 0.231. The third-order valence-electron chi connectivity index (χ3n) is 2.35. The van der Waals surface area contributed by atoms with Gasteiger partial charge in [-0.05, 0) is 37.0 Å². The highest BCUT2D eigenvalue weighted by molar-refractivity contribution is 5.85. The van der Waals surface area contributed by atoms with Crippen molar-refractivity contribution in [3.8, 4) is 0 Å². The van der Waals surface area contributed by atoms with Gasteiger partial charge in [0.2, 0.25) is 0 Å². The summed E-state index contributed by atoms with van der Waals surface area (Å²) in [6, 6.07) is 14.8. The highest BCUT2D eigenvalue weighted by atomic mass is 15.2. The highest BCUT2D eigenvalue weighted by Gasteiger charge is 1.95. The second kappa shape index (κ2) is 4.32. The molecule has 0 fully saturated rings. The van der Waals surface area contributed by atoms with Crippen LogP contribution in [0.5, 0.6) is 0 Å². The van der Waals surface area contributed by atoms with Crippen LogP contribution >= 0.6 is 0 Å². The highest BCUT2D eigenvalue weighted by Crippen LogP contribution is 2.18. The van der Waals surface area contributed by atoms with Crippen molar-refractivity contribution >= 4 is 16.5 Å². The van der Waals surface area contributed by atoms with Gasteiger partial charge in [0, 0.05) is 5.69 Å². The fourth-order valence-electron chi connectivity index (χ4n) is 1.55. The average molecular weight is 200 g/mol. The van der Waals surface area contributed by atoms with Crippen molar-refractivity contribution in [1.29, 1.82) is 0 Å². The molecule has 2 rings (SSSR count). The monoisotopic (exact) mass is 200 g/mol. The maximum atomic E-state index is 3.36. The largest absolute Gasteiger partial charge is 0.372 e. The summed E-state index contributed by atoms with van der Waals surface area (Å²) in [6.07, 6.45) is 0. The van der Waals surface area contributed by atoms with Gasteiger partial charge < -0.3 is 5.32 Å². The summed E-state index contributed by atoms with van der Waals surface area (Å²) in [4.78, 5) is 2.11. The second-order valence-electron chi connectivity index (χ2n) is 3.98. The first-order valence-electron chi connectivity index (χ1n) is 5.13. The van der Waals surface area contributed by atoms with Crippen molar-refractivity contribution in [2.45, 2.75) is 0 Å². The molecule has 15 heavy (non-hydrogen) atoms. The van der Waals surface area contributed by atoms with Gasteiger partial charge in [0.25, 0.3) is 0 Å². The van der Waals surface area contributed by atoms with Crippen LogP contribution in [-0.4, -0.2) is 25.7 Å². The van der Waals surface area contributed by atoms with E-state index < -0.39 is 0 Å². The molecule has 0 saturated carbocycles. The number of nitrogens with zero attached hydrogens (tertiary/aromatic N) is 1. The molecule has 0 unspecified atom stereocenters. The molecule has 0 radical (unpaired) electrons. The van der Waals surface area contributed by atoms with Crippen LogP contribution in [0.2, 0.25) is 0 Å². The zero-order valence-electron chi connectivity index (χ0n) is 9.20. The lowest BCUT2D eigenvalue weighted by Gasteiger charge is -2.12. The molecule has 2 heteroatoms. The third-order valence-corrected chi connectivity index (χ3v) is 2.35. The summed E-state index contributed by atoms with van der Waals surface area (Å²) in [5.41, 5.74) is 1.17. The molecule has 0 amide bonds. The number of rotatable bonds is 3. The Morgan fingerprint density at radius 3 is 2.47 bits per heavy atom. The number of fused-ring (bicyclic) bond motifs is 1. The molecule has 0 spiro atoms. The van der Waals surface area contributed by atoms with E-state index in [0.717, 1.165) is 6.67 Å². The summed E-state index contributed by atoms with van der Waals surface area (Å²) in [5.74, 6) is 0. The van der Waals surface area contributed by atoms with Gasteiger partial charge in [-0.3, -0.25) is 4.90 Å².